The lowest BCUT2D eigenvalue weighted by atomic mass is 10.2. The largest absolute Gasteiger partial charge is 0.364 e. The van der Waals surface area contributed by atoms with E-state index in [4.69, 9.17) is 6.57 Å². The Morgan fingerprint density at radius 2 is 2.15 bits per heavy atom. The summed E-state index contributed by atoms with van der Waals surface area (Å²) in [4.78, 5) is 3.49. The van der Waals surface area contributed by atoms with Crippen LogP contribution in [0.1, 0.15) is 6.92 Å². The molecule has 64 valence electrons. The topological polar surface area (TPSA) is 9.29 Å². The normalized spacial score (nSPS) is 10.2. The van der Waals surface area contributed by atoms with Crippen LogP contribution in [0.5, 0.6) is 0 Å². The van der Waals surface area contributed by atoms with Crippen LogP contribution in [0.15, 0.2) is 30.3 Å². The SMILES string of the molecule is [C-]#[N+]c1cc2ccccc2n1CC. The van der Waals surface area contributed by atoms with Crippen molar-refractivity contribution < 1.29 is 0 Å². The Balaban J connectivity index is 2.83. The van der Waals surface area contributed by atoms with Gasteiger partial charge in [0.2, 0.25) is 5.82 Å². The molecule has 1 aromatic heterocycles. The van der Waals surface area contributed by atoms with E-state index in [1.54, 1.807) is 0 Å². The molecular formula is C11H10N2. The lowest BCUT2D eigenvalue weighted by Crippen LogP contribution is -1.90. The number of fused-ring (bicyclic) bond motifs is 1. The first-order chi connectivity index (χ1) is 6.36. The Labute approximate surface area is 77.2 Å². The van der Waals surface area contributed by atoms with Crippen molar-refractivity contribution in [3.05, 3.63) is 41.7 Å². The van der Waals surface area contributed by atoms with Crippen LogP contribution in [0, 0.1) is 6.57 Å². The van der Waals surface area contributed by atoms with Gasteiger partial charge in [-0.3, -0.25) is 4.57 Å². The molecule has 0 aliphatic rings. The summed E-state index contributed by atoms with van der Waals surface area (Å²) in [7, 11) is 0. The van der Waals surface area contributed by atoms with Crippen molar-refractivity contribution in [3.63, 3.8) is 0 Å². The van der Waals surface area contributed by atoms with E-state index in [0.29, 0.717) is 0 Å². The van der Waals surface area contributed by atoms with E-state index in [0.717, 1.165) is 23.3 Å². The zero-order chi connectivity index (χ0) is 9.26. The van der Waals surface area contributed by atoms with Gasteiger partial charge in [-0.05, 0) is 19.1 Å². The number of hydrogen-bond acceptors (Lipinski definition) is 0. The van der Waals surface area contributed by atoms with Crippen LogP contribution in [0.3, 0.4) is 0 Å². The monoisotopic (exact) mass is 170 g/mol. The summed E-state index contributed by atoms with van der Waals surface area (Å²) in [5.74, 6) is 0.726. The van der Waals surface area contributed by atoms with Gasteiger partial charge in [-0.2, -0.15) is 0 Å². The van der Waals surface area contributed by atoms with E-state index >= 15 is 0 Å². The predicted molar refractivity (Wildman–Crippen MR) is 53.9 cm³/mol. The smallest absolute Gasteiger partial charge is 0.231 e. The first-order valence-corrected chi connectivity index (χ1v) is 4.32. The molecule has 0 saturated heterocycles. The van der Waals surface area contributed by atoms with E-state index in [2.05, 4.69) is 11.8 Å². The minimum absolute atomic E-state index is 0.726. The van der Waals surface area contributed by atoms with Crippen molar-refractivity contribution in [2.45, 2.75) is 13.5 Å². The summed E-state index contributed by atoms with van der Waals surface area (Å²) in [6.07, 6.45) is 0. The molecule has 2 rings (SSSR count). The zero-order valence-corrected chi connectivity index (χ0v) is 7.49. The van der Waals surface area contributed by atoms with E-state index in [9.17, 15) is 0 Å². The van der Waals surface area contributed by atoms with Crippen molar-refractivity contribution in [2.24, 2.45) is 0 Å². The maximum absolute atomic E-state index is 7.02. The highest BCUT2D eigenvalue weighted by Gasteiger charge is 2.06. The molecule has 0 aliphatic heterocycles. The predicted octanol–water partition coefficient (Wildman–Crippen LogP) is 3.21. The zero-order valence-electron chi connectivity index (χ0n) is 7.49. The van der Waals surface area contributed by atoms with Crippen molar-refractivity contribution in [2.75, 3.05) is 0 Å². The van der Waals surface area contributed by atoms with Crippen molar-refractivity contribution >= 4 is 16.7 Å². The lowest BCUT2D eigenvalue weighted by Gasteiger charge is -1.97. The van der Waals surface area contributed by atoms with Crippen LogP contribution >= 0.6 is 0 Å². The Bertz CT molecular complexity index is 474. The molecule has 0 atom stereocenters. The highest BCUT2D eigenvalue weighted by atomic mass is 15.1. The fourth-order valence-electron chi connectivity index (χ4n) is 1.62. The van der Waals surface area contributed by atoms with Crippen molar-refractivity contribution in [1.82, 2.24) is 4.57 Å². The molecule has 0 aliphatic carbocycles. The number of benzene rings is 1. The molecule has 1 heterocycles. The van der Waals surface area contributed by atoms with Gasteiger partial charge in [0.25, 0.3) is 0 Å². The molecule has 0 unspecified atom stereocenters. The van der Waals surface area contributed by atoms with Crippen molar-refractivity contribution in [3.8, 4) is 0 Å². The maximum atomic E-state index is 7.02. The Morgan fingerprint density at radius 3 is 2.85 bits per heavy atom. The van der Waals surface area contributed by atoms with Gasteiger partial charge in [-0.25, -0.2) is 0 Å². The standard InChI is InChI=1S/C11H10N2/c1-3-13-10-7-5-4-6-9(10)8-11(13)12-2/h4-8H,3H2,1H3. The van der Waals surface area contributed by atoms with Gasteiger partial charge in [0.15, 0.2) is 0 Å². The summed E-state index contributed by atoms with van der Waals surface area (Å²) < 4.78 is 2.03. The fraction of sp³-hybridized carbons (Fsp3) is 0.182. The minimum atomic E-state index is 0.726. The number of nitrogens with zero attached hydrogens (tertiary/aromatic N) is 2. The molecule has 0 N–H and O–H groups in total. The van der Waals surface area contributed by atoms with Gasteiger partial charge in [0.1, 0.15) is 5.52 Å². The summed E-state index contributed by atoms with van der Waals surface area (Å²) in [5.41, 5.74) is 1.15. The second-order valence-electron chi connectivity index (χ2n) is 2.92. The molecule has 0 amide bonds. The molecule has 0 saturated carbocycles. The summed E-state index contributed by atoms with van der Waals surface area (Å²) in [6, 6.07) is 10.0. The molecule has 0 bridgehead atoms. The summed E-state index contributed by atoms with van der Waals surface area (Å²) in [6.45, 7) is 9.93. The Kier molecular flexibility index (Phi) is 1.79. The van der Waals surface area contributed by atoms with E-state index in [1.165, 1.54) is 0 Å². The number of para-hydroxylation sites is 1. The summed E-state index contributed by atoms with van der Waals surface area (Å²) >= 11 is 0. The number of aromatic nitrogens is 1. The quantitative estimate of drug-likeness (QED) is 0.581. The third-order valence-corrected chi connectivity index (χ3v) is 2.22. The highest BCUT2D eigenvalue weighted by Crippen LogP contribution is 2.25. The molecule has 13 heavy (non-hydrogen) atoms. The molecule has 0 fully saturated rings. The van der Waals surface area contributed by atoms with Crippen molar-refractivity contribution in [1.29, 1.82) is 0 Å². The van der Waals surface area contributed by atoms with Gasteiger partial charge >= 0.3 is 0 Å². The molecule has 2 aromatic rings. The Hall–Kier alpha value is -1.75. The molecule has 1 aromatic carbocycles. The van der Waals surface area contributed by atoms with Crippen LogP contribution < -0.4 is 0 Å². The van der Waals surface area contributed by atoms with Gasteiger partial charge in [-0.1, -0.05) is 24.8 Å². The molecule has 0 radical (unpaired) electrons. The molecular weight excluding hydrogens is 160 g/mol. The number of hydrogen-bond donors (Lipinski definition) is 0. The van der Waals surface area contributed by atoms with Gasteiger partial charge in [-0.15, -0.1) is 0 Å². The third kappa shape index (κ3) is 1.09. The van der Waals surface area contributed by atoms with Crippen LogP contribution in [0.25, 0.3) is 15.7 Å². The van der Waals surface area contributed by atoms with Crippen LogP contribution in [-0.4, -0.2) is 4.57 Å². The summed E-state index contributed by atoms with van der Waals surface area (Å²) in [5, 5.41) is 1.15. The van der Waals surface area contributed by atoms with E-state index in [-0.39, 0.29) is 0 Å². The Morgan fingerprint density at radius 1 is 1.38 bits per heavy atom. The minimum Gasteiger partial charge on any atom is -0.364 e. The van der Waals surface area contributed by atoms with E-state index in [1.807, 2.05) is 34.9 Å². The van der Waals surface area contributed by atoms with Crippen LogP contribution in [-0.2, 0) is 6.54 Å². The maximum Gasteiger partial charge on any atom is 0.231 e. The molecule has 0 spiro atoms. The van der Waals surface area contributed by atoms with Gasteiger partial charge in [0, 0.05) is 5.39 Å². The number of aryl methyl sites for hydroxylation is 1. The average molecular weight is 170 g/mol. The van der Waals surface area contributed by atoms with E-state index < -0.39 is 0 Å². The second-order valence-corrected chi connectivity index (χ2v) is 2.92. The molecule has 2 nitrogen and oxygen atoms in total. The first-order valence-electron chi connectivity index (χ1n) is 4.32. The number of rotatable bonds is 1. The first kappa shape index (κ1) is 7.88. The lowest BCUT2D eigenvalue weighted by molar-refractivity contribution is 0.812. The molecule has 2 heteroatoms. The fourth-order valence-corrected chi connectivity index (χ4v) is 1.62. The van der Waals surface area contributed by atoms with Gasteiger partial charge < -0.3 is 4.85 Å². The average Bonchev–Trinajstić information content (AvgIpc) is 2.55. The van der Waals surface area contributed by atoms with Crippen LogP contribution in [0.4, 0.5) is 5.82 Å². The second kappa shape index (κ2) is 2.95. The van der Waals surface area contributed by atoms with Gasteiger partial charge in [0.05, 0.1) is 6.54 Å². The highest BCUT2D eigenvalue weighted by molar-refractivity contribution is 5.85. The van der Waals surface area contributed by atoms with Crippen LogP contribution in [0.2, 0.25) is 0 Å². The third-order valence-electron chi connectivity index (χ3n) is 2.22.